The van der Waals surface area contributed by atoms with Gasteiger partial charge in [-0.15, -0.1) is 0 Å². The van der Waals surface area contributed by atoms with Crippen molar-refractivity contribution in [3.63, 3.8) is 0 Å². The molecule has 2 N–H and O–H groups in total. The standard InChI is InChI=1S/C19H22N2O5S/c1-24-15-9-14(10-16(25-2)17(15)26-3)19(23)21-20-18(22)13-7-5-12(6-8-13)11-27-4/h5-10H,11H2,1-4H3,(H,20,22)(H,21,23). The molecule has 2 amide bonds. The number of thioether (sulfide) groups is 1. The predicted molar refractivity (Wildman–Crippen MR) is 105 cm³/mol. The van der Waals surface area contributed by atoms with Gasteiger partial charge in [0.15, 0.2) is 11.5 Å². The van der Waals surface area contributed by atoms with E-state index in [1.807, 2.05) is 18.4 Å². The molecule has 8 heteroatoms. The van der Waals surface area contributed by atoms with E-state index in [0.29, 0.717) is 22.8 Å². The highest BCUT2D eigenvalue weighted by molar-refractivity contribution is 7.97. The monoisotopic (exact) mass is 390 g/mol. The summed E-state index contributed by atoms with van der Waals surface area (Å²) >= 11 is 1.70. The van der Waals surface area contributed by atoms with Crippen molar-refractivity contribution < 1.29 is 23.8 Å². The van der Waals surface area contributed by atoms with Crippen molar-refractivity contribution in [1.82, 2.24) is 10.9 Å². The number of benzene rings is 2. The fraction of sp³-hybridized carbons (Fsp3) is 0.263. The zero-order valence-corrected chi connectivity index (χ0v) is 16.4. The highest BCUT2D eigenvalue weighted by atomic mass is 32.2. The van der Waals surface area contributed by atoms with Crippen LogP contribution in [0.5, 0.6) is 17.2 Å². The van der Waals surface area contributed by atoms with Crippen LogP contribution in [-0.4, -0.2) is 39.4 Å². The summed E-state index contributed by atoms with van der Waals surface area (Å²) in [6.45, 7) is 0. The highest BCUT2D eigenvalue weighted by Gasteiger charge is 2.17. The van der Waals surface area contributed by atoms with Crippen molar-refractivity contribution >= 4 is 23.6 Å². The Balaban J connectivity index is 2.07. The van der Waals surface area contributed by atoms with Crippen molar-refractivity contribution in [2.24, 2.45) is 0 Å². The number of methoxy groups -OCH3 is 3. The molecule has 2 rings (SSSR count). The maximum absolute atomic E-state index is 12.4. The van der Waals surface area contributed by atoms with E-state index in [1.165, 1.54) is 33.5 Å². The molecule has 0 aliphatic rings. The van der Waals surface area contributed by atoms with E-state index < -0.39 is 11.8 Å². The van der Waals surface area contributed by atoms with Gasteiger partial charge in [-0.1, -0.05) is 12.1 Å². The van der Waals surface area contributed by atoms with E-state index in [1.54, 1.807) is 23.9 Å². The Labute approximate surface area is 162 Å². The Hall–Kier alpha value is -2.87. The van der Waals surface area contributed by atoms with Crippen LogP contribution in [0.1, 0.15) is 26.3 Å². The average Bonchev–Trinajstić information content (AvgIpc) is 2.71. The number of hydrazine groups is 1. The fourth-order valence-electron chi connectivity index (χ4n) is 2.39. The summed E-state index contributed by atoms with van der Waals surface area (Å²) in [7, 11) is 4.40. The molecule has 27 heavy (non-hydrogen) atoms. The second-order valence-electron chi connectivity index (χ2n) is 5.45. The van der Waals surface area contributed by atoms with Gasteiger partial charge in [0.2, 0.25) is 5.75 Å². The Bertz CT molecular complexity index is 783. The van der Waals surface area contributed by atoms with Crippen LogP contribution < -0.4 is 25.1 Å². The van der Waals surface area contributed by atoms with Crippen LogP contribution in [0.25, 0.3) is 0 Å². The van der Waals surface area contributed by atoms with Crippen molar-refractivity contribution in [2.45, 2.75) is 5.75 Å². The SMILES string of the molecule is COc1cc(C(=O)NNC(=O)c2ccc(CSC)cc2)cc(OC)c1OC. The first-order chi connectivity index (χ1) is 13.0. The molecule has 0 bridgehead atoms. The number of hydrogen-bond donors (Lipinski definition) is 2. The van der Waals surface area contributed by atoms with E-state index >= 15 is 0 Å². The fourth-order valence-corrected chi connectivity index (χ4v) is 2.91. The van der Waals surface area contributed by atoms with E-state index in [9.17, 15) is 9.59 Å². The first kappa shape index (κ1) is 20.4. The first-order valence-electron chi connectivity index (χ1n) is 8.02. The van der Waals surface area contributed by atoms with Gasteiger partial charge in [0.05, 0.1) is 21.3 Å². The normalized spacial score (nSPS) is 10.1. The second-order valence-corrected chi connectivity index (χ2v) is 6.32. The quantitative estimate of drug-likeness (QED) is 0.707. The summed E-state index contributed by atoms with van der Waals surface area (Å²) in [4.78, 5) is 24.6. The molecule has 0 radical (unpaired) electrons. The smallest absolute Gasteiger partial charge is 0.269 e. The number of carbonyl (C=O) groups is 2. The summed E-state index contributed by atoms with van der Waals surface area (Å²) in [5.41, 5.74) is 6.60. The zero-order valence-electron chi connectivity index (χ0n) is 15.6. The number of nitrogens with one attached hydrogen (secondary N) is 2. The summed E-state index contributed by atoms with van der Waals surface area (Å²) in [5, 5.41) is 0. The molecular weight excluding hydrogens is 368 g/mol. The summed E-state index contributed by atoms with van der Waals surface area (Å²) in [6, 6.07) is 10.2. The van der Waals surface area contributed by atoms with E-state index in [-0.39, 0.29) is 5.56 Å². The van der Waals surface area contributed by atoms with Gasteiger partial charge in [0.1, 0.15) is 0 Å². The maximum Gasteiger partial charge on any atom is 0.269 e. The number of hydrogen-bond acceptors (Lipinski definition) is 6. The van der Waals surface area contributed by atoms with Crippen LogP contribution in [-0.2, 0) is 5.75 Å². The van der Waals surface area contributed by atoms with Gasteiger partial charge in [0, 0.05) is 16.9 Å². The Morgan fingerprint density at radius 3 is 1.81 bits per heavy atom. The summed E-state index contributed by atoms with van der Waals surface area (Å²) in [6.07, 6.45) is 2.01. The molecule has 0 aliphatic heterocycles. The van der Waals surface area contributed by atoms with E-state index in [0.717, 1.165) is 11.3 Å². The number of amides is 2. The maximum atomic E-state index is 12.4. The van der Waals surface area contributed by atoms with Gasteiger partial charge in [-0.05, 0) is 36.1 Å². The van der Waals surface area contributed by atoms with Crippen LogP contribution in [0, 0.1) is 0 Å². The third-order valence-corrected chi connectivity index (χ3v) is 4.37. The third kappa shape index (κ3) is 5.07. The van der Waals surface area contributed by atoms with Crippen molar-refractivity contribution in [1.29, 1.82) is 0 Å². The lowest BCUT2D eigenvalue weighted by atomic mass is 10.1. The summed E-state index contributed by atoms with van der Waals surface area (Å²) in [5.74, 6) is 1.02. The lowest BCUT2D eigenvalue weighted by molar-refractivity contribution is 0.0846. The van der Waals surface area contributed by atoms with Gasteiger partial charge in [-0.25, -0.2) is 0 Å². The van der Waals surface area contributed by atoms with Crippen LogP contribution in [0.15, 0.2) is 36.4 Å². The van der Waals surface area contributed by atoms with Gasteiger partial charge >= 0.3 is 0 Å². The van der Waals surface area contributed by atoms with Crippen molar-refractivity contribution in [3.05, 3.63) is 53.1 Å². The van der Waals surface area contributed by atoms with Crippen molar-refractivity contribution in [2.75, 3.05) is 27.6 Å². The molecule has 0 fully saturated rings. The van der Waals surface area contributed by atoms with Crippen LogP contribution >= 0.6 is 11.8 Å². The predicted octanol–water partition coefficient (Wildman–Crippen LogP) is 2.65. The Morgan fingerprint density at radius 1 is 0.852 bits per heavy atom. The topological polar surface area (TPSA) is 85.9 Å². The Morgan fingerprint density at radius 2 is 1.37 bits per heavy atom. The molecule has 0 atom stereocenters. The molecule has 0 saturated heterocycles. The molecule has 7 nitrogen and oxygen atoms in total. The third-order valence-electron chi connectivity index (χ3n) is 3.74. The molecule has 2 aromatic carbocycles. The molecule has 0 saturated carbocycles. The molecular formula is C19H22N2O5S. The lowest BCUT2D eigenvalue weighted by Gasteiger charge is -2.14. The molecule has 2 aromatic rings. The van der Waals surface area contributed by atoms with E-state index in [4.69, 9.17) is 14.2 Å². The highest BCUT2D eigenvalue weighted by Crippen LogP contribution is 2.38. The van der Waals surface area contributed by atoms with Crippen molar-refractivity contribution in [3.8, 4) is 17.2 Å². The minimum Gasteiger partial charge on any atom is -0.493 e. The number of carbonyl (C=O) groups excluding carboxylic acids is 2. The van der Waals surface area contributed by atoms with Gasteiger partial charge < -0.3 is 14.2 Å². The minimum absolute atomic E-state index is 0.250. The number of rotatable bonds is 7. The van der Waals surface area contributed by atoms with Crippen LogP contribution in [0.3, 0.4) is 0 Å². The molecule has 0 unspecified atom stereocenters. The van der Waals surface area contributed by atoms with Gasteiger partial charge in [0.25, 0.3) is 11.8 Å². The minimum atomic E-state index is -0.512. The van der Waals surface area contributed by atoms with Crippen LogP contribution in [0.4, 0.5) is 0 Å². The molecule has 0 aromatic heterocycles. The van der Waals surface area contributed by atoms with Crippen LogP contribution in [0.2, 0.25) is 0 Å². The zero-order chi connectivity index (χ0) is 19.8. The molecule has 0 spiro atoms. The number of ether oxygens (including phenoxy) is 3. The van der Waals surface area contributed by atoms with Gasteiger partial charge in [-0.3, -0.25) is 20.4 Å². The van der Waals surface area contributed by atoms with E-state index in [2.05, 4.69) is 10.9 Å². The Kier molecular flexibility index (Phi) is 7.36. The lowest BCUT2D eigenvalue weighted by Crippen LogP contribution is -2.41. The first-order valence-corrected chi connectivity index (χ1v) is 9.42. The molecule has 144 valence electrons. The summed E-state index contributed by atoms with van der Waals surface area (Å²) < 4.78 is 15.7. The van der Waals surface area contributed by atoms with Gasteiger partial charge in [-0.2, -0.15) is 11.8 Å². The molecule has 0 aliphatic carbocycles. The largest absolute Gasteiger partial charge is 0.493 e. The average molecular weight is 390 g/mol. The second kappa shape index (κ2) is 9.72. The molecule has 0 heterocycles.